The van der Waals surface area contributed by atoms with Gasteiger partial charge in [0.25, 0.3) is 0 Å². The van der Waals surface area contributed by atoms with Crippen LogP contribution in [0, 0.1) is 6.92 Å². The predicted molar refractivity (Wildman–Crippen MR) is 74.7 cm³/mol. The molecule has 1 aromatic heterocycles. The molecular formula is C14H23N3O. The quantitative estimate of drug-likeness (QED) is 0.788. The number of anilines is 2. The third-order valence-electron chi connectivity index (χ3n) is 3.37. The highest BCUT2D eigenvalue weighted by molar-refractivity contribution is 5.61. The first-order valence-corrected chi connectivity index (χ1v) is 6.84. The summed E-state index contributed by atoms with van der Waals surface area (Å²) in [5.41, 5.74) is 7.51. The minimum atomic E-state index is 0.461. The summed E-state index contributed by atoms with van der Waals surface area (Å²) in [7, 11) is 0. The first-order chi connectivity index (χ1) is 8.75. The van der Waals surface area contributed by atoms with Gasteiger partial charge >= 0.3 is 0 Å². The van der Waals surface area contributed by atoms with Crippen molar-refractivity contribution in [2.45, 2.75) is 45.1 Å². The van der Waals surface area contributed by atoms with E-state index in [1.807, 2.05) is 19.1 Å². The predicted octanol–water partition coefficient (Wildman–Crippen LogP) is 2.73. The Morgan fingerprint density at radius 3 is 2.89 bits per heavy atom. The molecule has 0 atom stereocenters. The number of nitrogens with two attached hydrogens (primary N) is 1. The number of hydrogen-bond donors (Lipinski definition) is 2. The molecule has 100 valence electrons. The number of aryl methyl sites for hydroxylation is 1. The second kappa shape index (κ2) is 6.59. The van der Waals surface area contributed by atoms with Gasteiger partial charge in [0.05, 0.1) is 18.4 Å². The first-order valence-electron chi connectivity index (χ1n) is 6.84. The van der Waals surface area contributed by atoms with Crippen LogP contribution in [0.4, 0.5) is 11.5 Å². The van der Waals surface area contributed by atoms with E-state index in [2.05, 4.69) is 10.3 Å². The summed E-state index contributed by atoms with van der Waals surface area (Å²) >= 11 is 0. The zero-order chi connectivity index (χ0) is 12.8. The van der Waals surface area contributed by atoms with Crippen molar-refractivity contribution in [2.75, 3.05) is 24.2 Å². The molecule has 0 unspecified atom stereocenters. The van der Waals surface area contributed by atoms with Gasteiger partial charge in [-0.2, -0.15) is 0 Å². The van der Waals surface area contributed by atoms with Gasteiger partial charge < -0.3 is 15.8 Å². The average Bonchev–Trinajstić information content (AvgIpc) is 2.40. The molecule has 0 bridgehead atoms. The normalized spacial score (nSPS) is 16.7. The van der Waals surface area contributed by atoms with Crippen LogP contribution in [-0.4, -0.2) is 24.2 Å². The Morgan fingerprint density at radius 1 is 1.33 bits per heavy atom. The maximum Gasteiger partial charge on any atom is 0.149 e. The second-order valence-corrected chi connectivity index (χ2v) is 4.95. The van der Waals surface area contributed by atoms with E-state index in [1.54, 1.807) is 0 Å². The van der Waals surface area contributed by atoms with Crippen molar-refractivity contribution in [1.82, 2.24) is 4.98 Å². The second-order valence-electron chi connectivity index (χ2n) is 4.95. The number of rotatable bonds is 5. The summed E-state index contributed by atoms with van der Waals surface area (Å²) in [5, 5.41) is 3.23. The number of nitrogens with one attached hydrogen (secondary N) is 1. The molecule has 4 nitrogen and oxygen atoms in total. The minimum absolute atomic E-state index is 0.461. The van der Waals surface area contributed by atoms with Crippen molar-refractivity contribution < 1.29 is 4.74 Å². The maximum atomic E-state index is 5.85. The van der Waals surface area contributed by atoms with E-state index in [0.717, 1.165) is 24.7 Å². The van der Waals surface area contributed by atoms with Crippen LogP contribution in [0.5, 0.6) is 0 Å². The molecule has 0 amide bonds. The zero-order valence-electron chi connectivity index (χ0n) is 11.1. The Morgan fingerprint density at radius 2 is 2.11 bits per heavy atom. The Labute approximate surface area is 109 Å². The fourth-order valence-corrected chi connectivity index (χ4v) is 2.34. The average molecular weight is 249 g/mol. The Kier molecular flexibility index (Phi) is 4.81. The lowest BCUT2D eigenvalue weighted by atomic mass is 9.98. The Hall–Kier alpha value is -1.29. The van der Waals surface area contributed by atoms with Gasteiger partial charge in [-0.3, -0.25) is 0 Å². The molecule has 0 saturated heterocycles. The molecule has 0 aliphatic heterocycles. The van der Waals surface area contributed by atoms with Crippen LogP contribution in [0.25, 0.3) is 0 Å². The van der Waals surface area contributed by atoms with Crippen LogP contribution < -0.4 is 11.1 Å². The highest BCUT2D eigenvalue weighted by atomic mass is 16.5. The molecule has 1 heterocycles. The van der Waals surface area contributed by atoms with E-state index in [4.69, 9.17) is 10.5 Å². The monoisotopic (exact) mass is 249 g/mol. The third kappa shape index (κ3) is 3.88. The van der Waals surface area contributed by atoms with Gasteiger partial charge in [0.15, 0.2) is 0 Å². The smallest absolute Gasteiger partial charge is 0.149 e. The van der Waals surface area contributed by atoms with Crippen LogP contribution in [0.2, 0.25) is 0 Å². The summed E-state index contributed by atoms with van der Waals surface area (Å²) in [6.45, 7) is 3.44. The summed E-state index contributed by atoms with van der Waals surface area (Å²) < 4.78 is 5.84. The largest absolute Gasteiger partial charge is 0.396 e. The van der Waals surface area contributed by atoms with Crippen LogP contribution >= 0.6 is 0 Å². The summed E-state index contributed by atoms with van der Waals surface area (Å²) in [6, 6.07) is 3.80. The van der Waals surface area contributed by atoms with E-state index < -0.39 is 0 Å². The van der Waals surface area contributed by atoms with Crippen molar-refractivity contribution in [3.63, 3.8) is 0 Å². The highest BCUT2D eigenvalue weighted by Crippen LogP contribution is 2.20. The first kappa shape index (κ1) is 13.1. The molecule has 1 fully saturated rings. The molecule has 0 spiro atoms. The van der Waals surface area contributed by atoms with Crippen molar-refractivity contribution in [1.29, 1.82) is 0 Å². The van der Waals surface area contributed by atoms with Crippen LogP contribution in [0.3, 0.4) is 0 Å². The Balaban J connectivity index is 1.69. The molecule has 18 heavy (non-hydrogen) atoms. The zero-order valence-corrected chi connectivity index (χ0v) is 11.1. The molecule has 1 aliphatic carbocycles. The SMILES string of the molecule is Cc1ccc(N)c(NCCOC2CCCCC2)n1. The van der Waals surface area contributed by atoms with Crippen LogP contribution in [-0.2, 0) is 4.74 Å². The van der Waals surface area contributed by atoms with Gasteiger partial charge in [0, 0.05) is 12.2 Å². The standard InChI is InChI=1S/C14H23N3O/c1-11-7-8-13(15)14(17-11)16-9-10-18-12-5-3-2-4-6-12/h7-8,12H,2-6,9-10,15H2,1H3,(H,16,17). The fraction of sp³-hybridized carbons (Fsp3) is 0.643. The summed E-state index contributed by atoms with van der Waals surface area (Å²) in [6.07, 6.45) is 6.87. The molecule has 4 heteroatoms. The van der Waals surface area contributed by atoms with Gasteiger partial charge in [-0.25, -0.2) is 4.98 Å². The lowest BCUT2D eigenvalue weighted by molar-refractivity contribution is 0.0347. The summed E-state index contributed by atoms with van der Waals surface area (Å²) in [5.74, 6) is 0.766. The minimum Gasteiger partial charge on any atom is -0.396 e. The number of nitrogens with zero attached hydrogens (tertiary/aromatic N) is 1. The van der Waals surface area contributed by atoms with E-state index in [0.29, 0.717) is 11.8 Å². The van der Waals surface area contributed by atoms with Gasteiger partial charge in [0.2, 0.25) is 0 Å². The number of hydrogen-bond acceptors (Lipinski definition) is 4. The van der Waals surface area contributed by atoms with Crippen molar-refractivity contribution in [3.05, 3.63) is 17.8 Å². The van der Waals surface area contributed by atoms with Crippen LogP contribution in [0.1, 0.15) is 37.8 Å². The molecule has 1 aromatic rings. The maximum absolute atomic E-state index is 5.85. The van der Waals surface area contributed by atoms with E-state index in [-0.39, 0.29) is 0 Å². The van der Waals surface area contributed by atoms with Crippen molar-refractivity contribution >= 4 is 11.5 Å². The molecule has 2 rings (SSSR count). The van der Waals surface area contributed by atoms with Gasteiger partial charge in [-0.15, -0.1) is 0 Å². The van der Waals surface area contributed by atoms with Gasteiger partial charge in [-0.1, -0.05) is 19.3 Å². The van der Waals surface area contributed by atoms with Crippen molar-refractivity contribution in [3.8, 4) is 0 Å². The van der Waals surface area contributed by atoms with Crippen molar-refractivity contribution in [2.24, 2.45) is 0 Å². The lowest BCUT2D eigenvalue weighted by Gasteiger charge is -2.22. The van der Waals surface area contributed by atoms with E-state index >= 15 is 0 Å². The lowest BCUT2D eigenvalue weighted by Crippen LogP contribution is -2.21. The third-order valence-corrected chi connectivity index (χ3v) is 3.37. The number of ether oxygens (including phenoxy) is 1. The van der Waals surface area contributed by atoms with Gasteiger partial charge in [0.1, 0.15) is 5.82 Å². The topological polar surface area (TPSA) is 60.2 Å². The highest BCUT2D eigenvalue weighted by Gasteiger charge is 2.13. The fourth-order valence-electron chi connectivity index (χ4n) is 2.34. The molecule has 3 N–H and O–H groups in total. The number of pyridine rings is 1. The van der Waals surface area contributed by atoms with Crippen LogP contribution in [0.15, 0.2) is 12.1 Å². The number of aromatic nitrogens is 1. The summed E-state index contributed by atoms with van der Waals surface area (Å²) in [4.78, 5) is 4.37. The number of nitrogen functional groups attached to an aromatic ring is 1. The molecule has 0 radical (unpaired) electrons. The molecule has 0 aromatic carbocycles. The molecule has 1 aliphatic rings. The van der Waals surface area contributed by atoms with Gasteiger partial charge in [-0.05, 0) is 31.9 Å². The molecular weight excluding hydrogens is 226 g/mol. The van der Waals surface area contributed by atoms with E-state index in [9.17, 15) is 0 Å². The molecule has 1 saturated carbocycles. The Bertz CT molecular complexity index is 375. The van der Waals surface area contributed by atoms with E-state index in [1.165, 1.54) is 32.1 Å².